The second kappa shape index (κ2) is 11.5. The van der Waals surface area contributed by atoms with E-state index in [1.54, 1.807) is 30.5 Å². The predicted octanol–water partition coefficient (Wildman–Crippen LogP) is 4.44. The number of hydrogen-bond donors (Lipinski definition) is 3. The highest BCUT2D eigenvalue weighted by Crippen LogP contribution is 2.24. The Kier molecular flexibility index (Phi) is 7.99. The Labute approximate surface area is 200 Å². The van der Waals surface area contributed by atoms with Crippen molar-refractivity contribution in [2.24, 2.45) is 5.92 Å². The lowest BCUT2D eigenvalue weighted by Crippen LogP contribution is -2.36. The van der Waals surface area contributed by atoms with Gasteiger partial charge in [-0.25, -0.2) is 9.78 Å². The van der Waals surface area contributed by atoms with Gasteiger partial charge in [0.25, 0.3) is 0 Å². The Bertz CT molecular complexity index is 1050. The molecule has 1 saturated heterocycles. The number of rotatable bonds is 10. The molecule has 0 amide bonds. The fourth-order valence-corrected chi connectivity index (χ4v) is 4.13. The van der Waals surface area contributed by atoms with Gasteiger partial charge in [0.05, 0.1) is 24.1 Å². The molecule has 3 aromatic rings. The Hall–Kier alpha value is -3.58. The fourth-order valence-electron chi connectivity index (χ4n) is 4.13. The quantitative estimate of drug-likeness (QED) is 0.384. The van der Waals surface area contributed by atoms with Crippen LogP contribution in [0.15, 0.2) is 72.9 Å². The molecule has 34 heavy (non-hydrogen) atoms. The summed E-state index contributed by atoms with van der Waals surface area (Å²) in [6, 6.07) is 20.7. The zero-order chi connectivity index (χ0) is 23.8. The third-order valence-electron chi connectivity index (χ3n) is 6.14. The highest BCUT2D eigenvalue weighted by Gasteiger charge is 2.21. The van der Waals surface area contributed by atoms with Crippen molar-refractivity contribution in [3.8, 4) is 5.75 Å². The van der Waals surface area contributed by atoms with Gasteiger partial charge in [-0.05, 0) is 67.5 Å². The summed E-state index contributed by atoms with van der Waals surface area (Å²) in [7, 11) is 0. The second-order valence-electron chi connectivity index (χ2n) is 8.66. The van der Waals surface area contributed by atoms with E-state index in [1.165, 1.54) is 5.56 Å². The summed E-state index contributed by atoms with van der Waals surface area (Å²) in [5.74, 6) is 0.996. The summed E-state index contributed by atoms with van der Waals surface area (Å²) in [5, 5.41) is 22.5. The number of pyridine rings is 1. The second-order valence-corrected chi connectivity index (χ2v) is 8.66. The molecule has 1 atom stereocenters. The number of anilines is 2. The number of benzene rings is 2. The third-order valence-corrected chi connectivity index (χ3v) is 6.14. The number of carboxylic acid groups (broad SMARTS) is 1. The van der Waals surface area contributed by atoms with E-state index < -0.39 is 12.2 Å². The highest BCUT2D eigenvalue weighted by molar-refractivity contribution is 5.88. The van der Waals surface area contributed by atoms with Crippen LogP contribution in [0, 0.1) is 5.92 Å². The van der Waals surface area contributed by atoms with Crippen LogP contribution in [-0.4, -0.2) is 47.1 Å². The number of aromatic nitrogens is 1. The zero-order valence-corrected chi connectivity index (χ0v) is 19.1. The first-order valence-electron chi connectivity index (χ1n) is 11.7. The van der Waals surface area contributed by atoms with Crippen molar-refractivity contribution < 1.29 is 19.7 Å². The monoisotopic (exact) mass is 461 g/mol. The molecule has 0 aliphatic carbocycles. The molecule has 1 aliphatic rings. The normalized spacial score (nSPS) is 15.0. The fraction of sp³-hybridized carbons (Fsp3) is 0.333. The Morgan fingerprint density at radius 3 is 2.59 bits per heavy atom. The Morgan fingerprint density at radius 2 is 1.88 bits per heavy atom. The van der Waals surface area contributed by atoms with Crippen LogP contribution >= 0.6 is 0 Å². The number of nitrogens with zero attached hydrogens (tertiary/aromatic N) is 2. The van der Waals surface area contributed by atoms with Crippen molar-refractivity contribution in [2.45, 2.75) is 31.9 Å². The molecule has 2 aromatic carbocycles. The topological polar surface area (TPSA) is 94.9 Å². The van der Waals surface area contributed by atoms with Gasteiger partial charge in [-0.2, -0.15) is 0 Å². The molecule has 4 rings (SSSR count). The van der Waals surface area contributed by atoms with E-state index in [1.807, 2.05) is 30.3 Å². The minimum atomic E-state index is -0.950. The van der Waals surface area contributed by atoms with Gasteiger partial charge in [-0.1, -0.05) is 36.4 Å². The number of ether oxygens (including phenoxy) is 1. The van der Waals surface area contributed by atoms with Crippen LogP contribution < -0.4 is 15.0 Å². The van der Waals surface area contributed by atoms with Crippen molar-refractivity contribution in [2.75, 3.05) is 29.9 Å². The van der Waals surface area contributed by atoms with Gasteiger partial charge in [-0.3, -0.25) is 0 Å². The average molecular weight is 462 g/mol. The molecule has 3 N–H and O–H groups in total. The van der Waals surface area contributed by atoms with Crippen LogP contribution in [-0.2, 0) is 6.42 Å². The number of aliphatic hydroxyl groups excluding tert-OH is 1. The first kappa shape index (κ1) is 23.6. The number of carboxylic acids is 1. The van der Waals surface area contributed by atoms with Gasteiger partial charge in [-0.15, -0.1) is 0 Å². The van der Waals surface area contributed by atoms with Crippen LogP contribution in [0.5, 0.6) is 5.75 Å². The van der Waals surface area contributed by atoms with Crippen molar-refractivity contribution >= 4 is 17.5 Å². The average Bonchev–Trinajstić information content (AvgIpc) is 2.88. The van der Waals surface area contributed by atoms with E-state index in [0.29, 0.717) is 24.7 Å². The number of piperidine rings is 1. The van der Waals surface area contributed by atoms with Gasteiger partial charge in [0.2, 0.25) is 0 Å². The molecular weight excluding hydrogens is 430 g/mol. The highest BCUT2D eigenvalue weighted by atomic mass is 16.5. The van der Waals surface area contributed by atoms with E-state index in [0.717, 1.165) is 43.9 Å². The number of aromatic carboxylic acids is 1. The molecule has 2 heterocycles. The van der Waals surface area contributed by atoms with Crippen LogP contribution in [0.4, 0.5) is 11.5 Å². The van der Waals surface area contributed by atoms with E-state index in [2.05, 4.69) is 27.3 Å². The van der Waals surface area contributed by atoms with Crippen LogP contribution in [0.3, 0.4) is 0 Å². The first-order chi connectivity index (χ1) is 16.6. The molecule has 0 radical (unpaired) electrons. The minimum Gasteiger partial charge on any atom is -0.493 e. The van der Waals surface area contributed by atoms with Gasteiger partial charge in [0.1, 0.15) is 17.8 Å². The van der Waals surface area contributed by atoms with E-state index in [4.69, 9.17) is 9.84 Å². The number of carbonyl (C=O) groups is 1. The van der Waals surface area contributed by atoms with Crippen LogP contribution in [0.1, 0.15) is 35.2 Å². The molecule has 7 heteroatoms. The molecular formula is C27H31N3O4. The zero-order valence-electron chi connectivity index (χ0n) is 19.1. The van der Waals surface area contributed by atoms with Crippen LogP contribution in [0.25, 0.3) is 0 Å². The molecule has 1 aliphatic heterocycles. The number of nitrogens with one attached hydrogen (secondary N) is 1. The molecule has 178 valence electrons. The maximum absolute atomic E-state index is 11.1. The van der Waals surface area contributed by atoms with Crippen molar-refractivity contribution in [1.82, 2.24) is 4.98 Å². The lowest BCUT2D eigenvalue weighted by molar-refractivity contribution is 0.0696. The summed E-state index contributed by atoms with van der Waals surface area (Å²) in [6.45, 7) is 2.36. The maximum Gasteiger partial charge on any atom is 0.335 e. The van der Waals surface area contributed by atoms with Gasteiger partial charge >= 0.3 is 5.97 Å². The molecule has 0 spiro atoms. The van der Waals surface area contributed by atoms with Gasteiger partial charge in [0, 0.05) is 13.1 Å². The van der Waals surface area contributed by atoms with Gasteiger partial charge < -0.3 is 25.2 Å². The number of aliphatic hydroxyl groups is 1. The van der Waals surface area contributed by atoms with E-state index in [-0.39, 0.29) is 5.56 Å². The molecule has 0 bridgehead atoms. The SMILES string of the molecule is O=C(O)c1cccc(OCC2CCN(c3ccc(NC(O)CCc4ccccc4)cn3)CC2)c1. The van der Waals surface area contributed by atoms with Crippen LogP contribution in [0.2, 0.25) is 0 Å². The Balaban J connectivity index is 1.20. The summed E-state index contributed by atoms with van der Waals surface area (Å²) in [4.78, 5) is 17.9. The molecule has 1 unspecified atom stereocenters. The summed E-state index contributed by atoms with van der Waals surface area (Å²) in [6.07, 6.45) is 4.55. The summed E-state index contributed by atoms with van der Waals surface area (Å²) >= 11 is 0. The number of hydrogen-bond acceptors (Lipinski definition) is 6. The van der Waals surface area contributed by atoms with Crippen molar-refractivity contribution in [1.29, 1.82) is 0 Å². The van der Waals surface area contributed by atoms with E-state index in [9.17, 15) is 9.90 Å². The third kappa shape index (κ3) is 6.71. The lowest BCUT2D eigenvalue weighted by Gasteiger charge is -2.32. The molecule has 1 aromatic heterocycles. The lowest BCUT2D eigenvalue weighted by atomic mass is 9.98. The molecule has 1 fully saturated rings. The standard InChI is InChI=1S/C27H31N3O4/c31-26(12-9-20-5-2-1-3-6-20)29-23-10-11-25(28-18-23)30-15-13-21(14-16-30)19-34-24-8-4-7-22(17-24)27(32)33/h1-8,10-11,17-18,21,26,29,31H,9,12-16,19H2,(H,32,33). The maximum atomic E-state index is 11.1. The largest absolute Gasteiger partial charge is 0.493 e. The molecule has 0 saturated carbocycles. The van der Waals surface area contributed by atoms with Crippen molar-refractivity contribution in [3.63, 3.8) is 0 Å². The predicted molar refractivity (Wildman–Crippen MR) is 132 cm³/mol. The summed E-state index contributed by atoms with van der Waals surface area (Å²) in [5.41, 5.74) is 2.25. The summed E-state index contributed by atoms with van der Waals surface area (Å²) < 4.78 is 5.85. The number of aryl methyl sites for hydroxylation is 1. The minimum absolute atomic E-state index is 0.236. The van der Waals surface area contributed by atoms with E-state index >= 15 is 0 Å². The molecule has 7 nitrogen and oxygen atoms in total. The smallest absolute Gasteiger partial charge is 0.335 e. The van der Waals surface area contributed by atoms with Gasteiger partial charge in [0.15, 0.2) is 0 Å². The Morgan fingerprint density at radius 1 is 1.09 bits per heavy atom. The van der Waals surface area contributed by atoms with Crippen molar-refractivity contribution in [3.05, 3.63) is 84.1 Å². The first-order valence-corrected chi connectivity index (χ1v) is 11.7.